The van der Waals surface area contributed by atoms with E-state index in [0.29, 0.717) is 6.54 Å². The molecule has 0 aromatic heterocycles. The Morgan fingerprint density at radius 2 is 1.76 bits per heavy atom. The number of nitrogens with one attached hydrogen (secondary N) is 2. The first-order valence-electron chi connectivity index (χ1n) is 10.6. The van der Waals surface area contributed by atoms with E-state index in [4.69, 9.17) is 16.3 Å². The number of nitrogens with zero attached hydrogens (tertiary/aromatic N) is 1. The van der Waals surface area contributed by atoms with Gasteiger partial charge in [-0.25, -0.2) is 12.8 Å². The molecule has 1 saturated heterocycles. The molecule has 180 valence electrons. The average Bonchev–Trinajstić information content (AvgIpc) is 2.73. The summed E-state index contributed by atoms with van der Waals surface area (Å²) in [4.78, 5) is 15.0. The summed E-state index contributed by atoms with van der Waals surface area (Å²) >= 11 is 6.16. The van der Waals surface area contributed by atoms with E-state index >= 15 is 0 Å². The number of halogens is 2. The summed E-state index contributed by atoms with van der Waals surface area (Å²) in [5.41, 5.74) is 0.0148. The summed E-state index contributed by atoms with van der Waals surface area (Å²) in [7, 11) is -4.01. The Balaban J connectivity index is 1.70. The Morgan fingerprint density at radius 1 is 1.15 bits per heavy atom. The number of hydrogen-bond acceptors (Lipinski definition) is 5. The van der Waals surface area contributed by atoms with Gasteiger partial charge in [0, 0.05) is 30.7 Å². The summed E-state index contributed by atoms with van der Waals surface area (Å²) in [5, 5.41) is 3.06. The van der Waals surface area contributed by atoms with Crippen LogP contribution >= 0.6 is 11.6 Å². The van der Waals surface area contributed by atoms with Crippen LogP contribution in [-0.2, 0) is 14.8 Å². The fraction of sp³-hybridized carbons (Fsp3) is 0.435. The summed E-state index contributed by atoms with van der Waals surface area (Å²) in [6, 6.07) is 8.77. The zero-order valence-corrected chi connectivity index (χ0v) is 20.6. The van der Waals surface area contributed by atoms with Crippen LogP contribution < -0.4 is 10.0 Å². The monoisotopic (exact) mass is 497 g/mol. The van der Waals surface area contributed by atoms with E-state index in [-0.39, 0.29) is 44.8 Å². The summed E-state index contributed by atoms with van der Waals surface area (Å²) < 4.78 is 46.5. The van der Waals surface area contributed by atoms with Gasteiger partial charge in [-0.05, 0) is 70.2 Å². The van der Waals surface area contributed by atoms with Crippen LogP contribution in [0.2, 0.25) is 5.02 Å². The molecule has 33 heavy (non-hydrogen) atoms. The molecule has 7 nitrogen and oxygen atoms in total. The number of carbonyl (C=O) groups excluding carboxylic acids is 1. The topological polar surface area (TPSA) is 87.7 Å². The van der Waals surface area contributed by atoms with Gasteiger partial charge in [-0.3, -0.25) is 14.4 Å². The third-order valence-electron chi connectivity index (χ3n) is 5.55. The van der Waals surface area contributed by atoms with Crippen molar-refractivity contribution in [2.75, 3.05) is 24.4 Å². The molecule has 0 saturated carbocycles. The minimum atomic E-state index is -4.01. The third kappa shape index (κ3) is 6.44. The van der Waals surface area contributed by atoms with Gasteiger partial charge in [-0.1, -0.05) is 11.6 Å². The maximum absolute atomic E-state index is 13.1. The zero-order valence-electron chi connectivity index (χ0n) is 19.1. The summed E-state index contributed by atoms with van der Waals surface area (Å²) in [5.74, 6) is -0.897. The predicted molar refractivity (Wildman–Crippen MR) is 127 cm³/mol. The van der Waals surface area contributed by atoms with E-state index in [1.165, 1.54) is 18.2 Å². The zero-order chi connectivity index (χ0) is 24.4. The van der Waals surface area contributed by atoms with Crippen molar-refractivity contribution in [1.82, 2.24) is 10.2 Å². The highest BCUT2D eigenvalue weighted by molar-refractivity contribution is 7.92. The van der Waals surface area contributed by atoms with Crippen molar-refractivity contribution < 1.29 is 22.3 Å². The number of hydrogen-bond donors (Lipinski definition) is 2. The van der Waals surface area contributed by atoms with Gasteiger partial charge in [0.15, 0.2) is 0 Å². The molecule has 3 rings (SSSR count). The lowest BCUT2D eigenvalue weighted by Crippen LogP contribution is -2.58. The third-order valence-corrected chi connectivity index (χ3v) is 7.27. The molecule has 0 aliphatic carbocycles. The van der Waals surface area contributed by atoms with E-state index in [0.717, 1.165) is 37.4 Å². The number of rotatable bonds is 7. The minimum Gasteiger partial charge on any atom is -0.373 e. The number of morpholine rings is 1. The van der Waals surface area contributed by atoms with Crippen molar-refractivity contribution >= 4 is 33.2 Å². The Morgan fingerprint density at radius 3 is 2.36 bits per heavy atom. The fourth-order valence-electron chi connectivity index (χ4n) is 3.74. The number of ether oxygens (including phenoxy) is 1. The number of benzene rings is 2. The number of amides is 1. The SMILES string of the molecule is C[C@@H]1CN(C(C)(C)CNC(=O)c2ccc(Cl)c(NS(=O)(=O)c3ccc(F)cc3)c2)C[C@H](C)O1. The second-order valence-corrected chi connectivity index (χ2v) is 11.0. The highest BCUT2D eigenvalue weighted by Gasteiger charge is 2.33. The van der Waals surface area contributed by atoms with Crippen LogP contribution in [0.1, 0.15) is 38.1 Å². The Kier molecular flexibility index (Phi) is 7.68. The first-order valence-corrected chi connectivity index (χ1v) is 12.5. The molecular weight excluding hydrogens is 469 g/mol. The second kappa shape index (κ2) is 9.97. The van der Waals surface area contributed by atoms with Gasteiger partial charge in [0.2, 0.25) is 0 Å². The van der Waals surface area contributed by atoms with E-state index < -0.39 is 15.8 Å². The largest absolute Gasteiger partial charge is 0.373 e. The molecule has 2 N–H and O–H groups in total. The molecule has 0 spiro atoms. The van der Waals surface area contributed by atoms with E-state index in [1.54, 1.807) is 0 Å². The molecule has 2 aromatic rings. The molecule has 1 amide bonds. The van der Waals surface area contributed by atoms with Gasteiger partial charge < -0.3 is 10.1 Å². The molecule has 0 radical (unpaired) electrons. The highest BCUT2D eigenvalue weighted by Crippen LogP contribution is 2.26. The van der Waals surface area contributed by atoms with Crippen molar-refractivity contribution in [3.05, 3.63) is 58.9 Å². The van der Waals surface area contributed by atoms with Crippen LogP contribution in [0.3, 0.4) is 0 Å². The van der Waals surface area contributed by atoms with Crippen molar-refractivity contribution in [1.29, 1.82) is 0 Å². The van der Waals surface area contributed by atoms with Crippen LogP contribution in [-0.4, -0.2) is 56.6 Å². The molecule has 1 aliphatic rings. The molecule has 1 heterocycles. The van der Waals surface area contributed by atoms with Crippen molar-refractivity contribution in [2.24, 2.45) is 0 Å². The molecule has 0 bridgehead atoms. The van der Waals surface area contributed by atoms with Crippen molar-refractivity contribution in [2.45, 2.75) is 50.3 Å². The quantitative estimate of drug-likeness (QED) is 0.605. The van der Waals surface area contributed by atoms with Crippen molar-refractivity contribution in [3.63, 3.8) is 0 Å². The number of anilines is 1. The smallest absolute Gasteiger partial charge is 0.261 e. The molecule has 2 aromatic carbocycles. The molecule has 2 atom stereocenters. The molecule has 0 unspecified atom stereocenters. The fourth-order valence-corrected chi connectivity index (χ4v) is 5.04. The maximum Gasteiger partial charge on any atom is 0.261 e. The summed E-state index contributed by atoms with van der Waals surface area (Å²) in [6.07, 6.45) is 0.216. The Bertz CT molecular complexity index is 1100. The van der Waals surface area contributed by atoms with Gasteiger partial charge in [0.05, 0.1) is 27.8 Å². The predicted octanol–water partition coefficient (Wildman–Crippen LogP) is 3.90. The Labute approximate surface area is 199 Å². The van der Waals surface area contributed by atoms with Crippen LogP contribution in [0.15, 0.2) is 47.4 Å². The van der Waals surface area contributed by atoms with Gasteiger partial charge in [-0.15, -0.1) is 0 Å². The molecule has 1 aliphatic heterocycles. The normalized spacial score (nSPS) is 19.8. The van der Waals surface area contributed by atoms with Crippen LogP contribution in [0.25, 0.3) is 0 Å². The lowest BCUT2D eigenvalue weighted by Gasteiger charge is -2.45. The van der Waals surface area contributed by atoms with Crippen LogP contribution in [0.5, 0.6) is 0 Å². The van der Waals surface area contributed by atoms with Crippen LogP contribution in [0, 0.1) is 5.82 Å². The lowest BCUT2D eigenvalue weighted by atomic mass is 10.00. The summed E-state index contributed by atoms with van der Waals surface area (Å²) in [6.45, 7) is 10.1. The van der Waals surface area contributed by atoms with Crippen molar-refractivity contribution in [3.8, 4) is 0 Å². The number of sulfonamides is 1. The van der Waals surface area contributed by atoms with E-state index in [1.807, 2.05) is 13.8 Å². The van der Waals surface area contributed by atoms with Gasteiger partial charge in [-0.2, -0.15) is 0 Å². The Hall–Kier alpha value is -2.20. The van der Waals surface area contributed by atoms with Gasteiger partial charge in [0.1, 0.15) is 5.82 Å². The molecule has 10 heteroatoms. The van der Waals surface area contributed by atoms with Gasteiger partial charge >= 0.3 is 0 Å². The van der Waals surface area contributed by atoms with Gasteiger partial charge in [0.25, 0.3) is 15.9 Å². The molecule has 1 fully saturated rings. The standard InChI is InChI=1S/C23H29ClFN3O4S/c1-15-12-28(13-16(2)32-15)23(3,4)14-26-22(29)17-5-10-20(24)21(11-17)27-33(30,31)19-8-6-18(25)7-9-19/h5-11,15-16,27H,12-14H2,1-4H3,(H,26,29)/t15-,16+. The maximum atomic E-state index is 13.1. The van der Waals surface area contributed by atoms with Crippen LogP contribution in [0.4, 0.5) is 10.1 Å². The minimum absolute atomic E-state index is 0.0590. The van der Waals surface area contributed by atoms with E-state index in [2.05, 4.69) is 28.8 Å². The first-order chi connectivity index (χ1) is 15.4. The van der Waals surface area contributed by atoms with E-state index in [9.17, 15) is 17.6 Å². The first kappa shape index (κ1) is 25.4. The average molecular weight is 498 g/mol. The molecular formula is C23H29ClFN3O4S. The number of carbonyl (C=O) groups is 1. The second-order valence-electron chi connectivity index (χ2n) is 8.91. The lowest BCUT2D eigenvalue weighted by molar-refractivity contribution is -0.0948. The highest BCUT2D eigenvalue weighted by atomic mass is 35.5.